The first-order valence-corrected chi connectivity index (χ1v) is 6.35. The lowest BCUT2D eigenvalue weighted by molar-refractivity contribution is 0.211. The fourth-order valence-corrected chi connectivity index (χ4v) is 3.50. The summed E-state index contributed by atoms with van der Waals surface area (Å²) in [4.78, 5) is 2.38. The molecule has 1 saturated heterocycles. The van der Waals surface area contributed by atoms with Crippen LogP contribution in [0.3, 0.4) is 0 Å². The number of thioether (sulfide) groups is 1. The van der Waals surface area contributed by atoms with Crippen molar-refractivity contribution in [3.8, 4) is 0 Å². The van der Waals surface area contributed by atoms with Gasteiger partial charge in [-0.15, -0.1) is 0 Å². The van der Waals surface area contributed by atoms with Crippen molar-refractivity contribution in [3.63, 3.8) is 0 Å². The van der Waals surface area contributed by atoms with Gasteiger partial charge in [0.1, 0.15) is 0 Å². The molecule has 0 spiro atoms. The molecule has 2 N–H and O–H groups in total. The zero-order chi connectivity index (χ0) is 9.68. The topological polar surface area (TPSA) is 29.3 Å². The Morgan fingerprint density at radius 1 is 1.46 bits per heavy atom. The molecule has 1 aliphatic heterocycles. The maximum Gasteiger partial charge on any atom is 0.0208 e. The molecule has 1 rings (SSSR count). The fraction of sp³-hybridized carbons (Fsp3) is 1.00. The smallest absolute Gasteiger partial charge is 0.0208 e. The van der Waals surface area contributed by atoms with Crippen LogP contribution in [0.5, 0.6) is 0 Å². The largest absolute Gasteiger partial charge is 0.330 e. The van der Waals surface area contributed by atoms with E-state index in [2.05, 4.69) is 30.8 Å². The maximum atomic E-state index is 5.55. The van der Waals surface area contributed by atoms with Crippen molar-refractivity contribution in [1.82, 2.24) is 4.90 Å². The van der Waals surface area contributed by atoms with E-state index in [1.165, 1.54) is 30.8 Å². The van der Waals surface area contributed by atoms with E-state index in [1.54, 1.807) is 0 Å². The Labute approximate surface area is 86.2 Å². The van der Waals surface area contributed by atoms with Crippen LogP contribution < -0.4 is 5.73 Å². The summed E-state index contributed by atoms with van der Waals surface area (Å²) < 4.78 is 0. The number of hydrogen-bond acceptors (Lipinski definition) is 3. The highest BCUT2D eigenvalue weighted by molar-refractivity contribution is 7.99. The highest BCUT2D eigenvalue weighted by atomic mass is 32.2. The fourth-order valence-electron chi connectivity index (χ4n) is 2.05. The molecule has 2 nitrogen and oxygen atoms in total. The zero-order valence-electron chi connectivity index (χ0n) is 8.83. The van der Waals surface area contributed by atoms with E-state index in [4.69, 9.17) is 5.73 Å². The Hall–Kier alpha value is 0.270. The first kappa shape index (κ1) is 11.3. The van der Waals surface area contributed by atoms with Crippen LogP contribution in [0.15, 0.2) is 0 Å². The van der Waals surface area contributed by atoms with Crippen LogP contribution in [0.1, 0.15) is 19.3 Å². The van der Waals surface area contributed by atoms with Gasteiger partial charge in [-0.2, -0.15) is 11.8 Å². The summed E-state index contributed by atoms with van der Waals surface area (Å²) in [6.07, 6.45) is 3.90. The van der Waals surface area contributed by atoms with Gasteiger partial charge in [0.2, 0.25) is 0 Å². The van der Waals surface area contributed by atoms with Crippen molar-refractivity contribution >= 4 is 11.8 Å². The molecule has 1 aliphatic rings. The third-order valence-corrected chi connectivity index (χ3v) is 4.01. The Bertz CT molecular complexity index is 139. The molecule has 1 heterocycles. The first-order chi connectivity index (χ1) is 6.25. The van der Waals surface area contributed by atoms with Crippen molar-refractivity contribution < 1.29 is 0 Å². The minimum Gasteiger partial charge on any atom is -0.330 e. The van der Waals surface area contributed by atoms with Gasteiger partial charge >= 0.3 is 0 Å². The summed E-state index contributed by atoms with van der Waals surface area (Å²) in [5, 5.41) is 0. The average molecular weight is 202 g/mol. The van der Waals surface area contributed by atoms with Gasteiger partial charge < -0.3 is 10.6 Å². The average Bonchev–Trinajstić information content (AvgIpc) is 2.15. The summed E-state index contributed by atoms with van der Waals surface area (Å²) in [7, 11) is 4.40. The molecule has 0 aliphatic carbocycles. The Balaban J connectivity index is 2.37. The highest BCUT2D eigenvalue weighted by Crippen LogP contribution is 2.29. The SMILES string of the molecule is CN(C)C1CSCCC1CCCN. The summed E-state index contributed by atoms with van der Waals surface area (Å²) >= 11 is 2.10. The lowest BCUT2D eigenvalue weighted by Crippen LogP contribution is -2.40. The quantitative estimate of drug-likeness (QED) is 0.747. The molecule has 0 aromatic heterocycles. The maximum absolute atomic E-state index is 5.55. The van der Waals surface area contributed by atoms with E-state index in [9.17, 15) is 0 Å². The first-order valence-electron chi connectivity index (χ1n) is 5.20. The minimum atomic E-state index is 0.783. The van der Waals surface area contributed by atoms with E-state index in [-0.39, 0.29) is 0 Å². The summed E-state index contributed by atoms with van der Waals surface area (Å²) in [6.45, 7) is 0.851. The van der Waals surface area contributed by atoms with Crippen LogP contribution in [-0.4, -0.2) is 43.1 Å². The third kappa shape index (κ3) is 3.49. The predicted octanol–water partition coefficient (Wildman–Crippen LogP) is 1.41. The van der Waals surface area contributed by atoms with Crippen molar-refractivity contribution in [3.05, 3.63) is 0 Å². The number of rotatable bonds is 4. The van der Waals surface area contributed by atoms with Crippen LogP contribution in [0.4, 0.5) is 0 Å². The molecular weight excluding hydrogens is 180 g/mol. The van der Waals surface area contributed by atoms with Crippen molar-refractivity contribution in [2.75, 3.05) is 32.1 Å². The molecular formula is C10H22N2S. The van der Waals surface area contributed by atoms with E-state index >= 15 is 0 Å². The van der Waals surface area contributed by atoms with Gasteiger partial charge in [0.25, 0.3) is 0 Å². The van der Waals surface area contributed by atoms with Gasteiger partial charge in [0.05, 0.1) is 0 Å². The van der Waals surface area contributed by atoms with Crippen LogP contribution >= 0.6 is 11.8 Å². The van der Waals surface area contributed by atoms with E-state index in [0.29, 0.717) is 0 Å². The highest BCUT2D eigenvalue weighted by Gasteiger charge is 2.26. The van der Waals surface area contributed by atoms with Gasteiger partial charge in [-0.3, -0.25) is 0 Å². The molecule has 0 aromatic rings. The Kier molecular flexibility index (Phi) is 5.14. The second-order valence-electron chi connectivity index (χ2n) is 4.09. The Morgan fingerprint density at radius 2 is 2.23 bits per heavy atom. The van der Waals surface area contributed by atoms with Gasteiger partial charge in [0.15, 0.2) is 0 Å². The van der Waals surface area contributed by atoms with Gasteiger partial charge in [-0.25, -0.2) is 0 Å². The van der Waals surface area contributed by atoms with Crippen LogP contribution in [0.25, 0.3) is 0 Å². The molecule has 2 unspecified atom stereocenters. The molecule has 2 atom stereocenters. The van der Waals surface area contributed by atoms with E-state index < -0.39 is 0 Å². The summed E-state index contributed by atoms with van der Waals surface area (Å²) in [6, 6.07) is 0.783. The Morgan fingerprint density at radius 3 is 2.85 bits per heavy atom. The lowest BCUT2D eigenvalue weighted by Gasteiger charge is -2.35. The second kappa shape index (κ2) is 5.89. The molecule has 0 bridgehead atoms. The van der Waals surface area contributed by atoms with Crippen LogP contribution in [-0.2, 0) is 0 Å². The predicted molar refractivity (Wildman–Crippen MR) is 61.2 cm³/mol. The molecule has 0 amide bonds. The van der Waals surface area contributed by atoms with E-state index in [1.807, 2.05) is 0 Å². The zero-order valence-corrected chi connectivity index (χ0v) is 9.65. The van der Waals surface area contributed by atoms with Gasteiger partial charge in [-0.05, 0) is 51.6 Å². The van der Waals surface area contributed by atoms with E-state index in [0.717, 1.165) is 18.5 Å². The number of nitrogens with two attached hydrogens (primary N) is 1. The lowest BCUT2D eigenvalue weighted by atomic mass is 9.92. The molecule has 0 radical (unpaired) electrons. The summed E-state index contributed by atoms with van der Waals surface area (Å²) in [5.74, 6) is 3.54. The number of hydrogen-bond donors (Lipinski definition) is 1. The van der Waals surface area contributed by atoms with Crippen LogP contribution in [0, 0.1) is 5.92 Å². The second-order valence-corrected chi connectivity index (χ2v) is 5.24. The summed E-state index contributed by atoms with van der Waals surface area (Å²) in [5.41, 5.74) is 5.55. The standard InChI is InChI=1S/C10H22N2S/c1-12(2)10-8-13-7-5-9(10)4-3-6-11/h9-10H,3-8,11H2,1-2H3. The van der Waals surface area contributed by atoms with Gasteiger partial charge in [-0.1, -0.05) is 0 Å². The normalized spacial score (nSPS) is 29.5. The van der Waals surface area contributed by atoms with Crippen molar-refractivity contribution in [2.45, 2.75) is 25.3 Å². The molecule has 3 heteroatoms. The number of nitrogens with zero attached hydrogens (tertiary/aromatic N) is 1. The molecule has 0 saturated carbocycles. The molecule has 0 aromatic carbocycles. The van der Waals surface area contributed by atoms with Crippen molar-refractivity contribution in [1.29, 1.82) is 0 Å². The molecule has 78 valence electrons. The van der Waals surface area contributed by atoms with Gasteiger partial charge in [0, 0.05) is 11.8 Å². The molecule has 1 fully saturated rings. The molecule has 13 heavy (non-hydrogen) atoms. The van der Waals surface area contributed by atoms with Crippen LogP contribution in [0.2, 0.25) is 0 Å². The third-order valence-electron chi connectivity index (χ3n) is 2.91. The minimum absolute atomic E-state index is 0.783. The monoisotopic (exact) mass is 202 g/mol. The van der Waals surface area contributed by atoms with Crippen molar-refractivity contribution in [2.24, 2.45) is 11.7 Å².